The summed E-state index contributed by atoms with van der Waals surface area (Å²) < 4.78 is 12.8. The van der Waals surface area contributed by atoms with E-state index in [2.05, 4.69) is 10.6 Å². The fourth-order valence-corrected chi connectivity index (χ4v) is 2.16. The molecule has 1 heterocycles. The van der Waals surface area contributed by atoms with E-state index in [0.717, 1.165) is 19.5 Å². The van der Waals surface area contributed by atoms with Crippen molar-refractivity contribution in [3.63, 3.8) is 0 Å². The van der Waals surface area contributed by atoms with Crippen molar-refractivity contribution < 1.29 is 9.18 Å². The molecule has 17 heavy (non-hydrogen) atoms. The molecule has 1 fully saturated rings. The zero-order valence-electron chi connectivity index (χ0n) is 9.30. The third-order valence-electron chi connectivity index (χ3n) is 2.84. The maximum atomic E-state index is 12.8. The normalized spacial score (nSPS) is 19.3. The molecule has 1 saturated heterocycles. The number of hydrogen-bond donors (Lipinski definition) is 2. The van der Waals surface area contributed by atoms with Crippen molar-refractivity contribution in [2.45, 2.75) is 12.8 Å². The minimum Gasteiger partial charge on any atom is -0.325 e. The third-order valence-corrected chi connectivity index (χ3v) is 3.15. The number of carbonyl (C=O) groups is 1. The number of benzene rings is 1. The summed E-state index contributed by atoms with van der Waals surface area (Å²) in [6.07, 6.45) is 1.49. The van der Waals surface area contributed by atoms with Crippen molar-refractivity contribution in [3.05, 3.63) is 29.0 Å². The van der Waals surface area contributed by atoms with Gasteiger partial charge < -0.3 is 10.6 Å². The smallest absolute Gasteiger partial charge is 0.224 e. The molecule has 1 aromatic rings. The van der Waals surface area contributed by atoms with Gasteiger partial charge in [0.05, 0.1) is 10.7 Å². The van der Waals surface area contributed by atoms with Crippen LogP contribution in [-0.4, -0.2) is 19.0 Å². The molecule has 0 radical (unpaired) electrons. The Labute approximate surface area is 104 Å². The van der Waals surface area contributed by atoms with E-state index >= 15 is 0 Å². The van der Waals surface area contributed by atoms with Crippen LogP contribution in [0, 0.1) is 11.7 Å². The number of carbonyl (C=O) groups excluding carboxylic acids is 1. The number of hydrogen-bond acceptors (Lipinski definition) is 2. The summed E-state index contributed by atoms with van der Waals surface area (Å²) in [5.41, 5.74) is 0.462. The van der Waals surface area contributed by atoms with Crippen LogP contribution in [0.3, 0.4) is 0 Å². The van der Waals surface area contributed by atoms with Gasteiger partial charge in [0, 0.05) is 6.42 Å². The average Bonchev–Trinajstić information content (AvgIpc) is 2.75. The molecule has 1 atom stereocenters. The van der Waals surface area contributed by atoms with Crippen molar-refractivity contribution in [1.29, 1.82) is 0 Å². The molecule has 0 spiro atoms. The highest BCUT2D eigenvalue weighted by Crippen LogP contribution is 2.23. The number of rotatable bonds is 3. The van der Waals surface area contributed by atoms with E-state index in [9.17, 15) is 9.18 Å². The minimum absolute atomic E-state index is 0.0767. The van der Waals surface area contributed by atoms with E-state index in [-0.39, 0.29) is 10.9 Å². The van der Waals surface area contributed by atoms with Gasteiger partial charge in [-0.05, 0) is 43.6 Å². The quantitative estimate of drug-likeness (QED) is 0.872. The Bertz CT molecular complexity index is 419. The number of halogens is 2. The van der Waals surface area contributed by atoms with Crippen LogP contribution < -0.4 is 10.6 Å². The summed E-state index contributed by atoms with van der Waals surface area (Å²) in [5, 5.41) is 6.13. The summed E-state index contributed by atoms with van der Waals surface area (Å²) in [6, 6.07) is 3.94. The van der Waals surface area contributed by atoms with Crippen molar-refractivity contribution in [1.82, 2.24) is 5.32 Å². The maximum absolute atomic E-state index is 12.8. The number of amides is 1. The van der Waals surface area contributed by atoms with Gasteiger partial charge in [-0.15, -0.1) is 0 Å². The Morgan fingerprint density at radius 3 is 3.06 bits per heavy atom. The monoisotopic (exact) mass is 256 g/mol. The van der Waals surface area contributed by atoms with E-state index in [0.29, 0.717) is 18.0 Å². The average molecular weight is 257 g/mol. The van der Waals surface area contributed by atoms with Gasteiger partial charge in [-0.1, -0.05) is 11.6 Å². The summed E-state index contributed by atoms with van der Waals surface area (Å²) >= 11 is 5.82. The lowest BCUT2D eigenvalue weighted by Gasteiger charge is -2.10. The van der Waals surface area contributed by atoms with Crippen molar-refractivity contribution in [3.8, 4) is 0 Å². The van der Waals surface area contributed by atoms with Crippen LogP contribution >= 0.6 is 11.6 Å². The van der Waals surface area contributed by atoms with E-state index in [4.69, 9.17) is 11.6 Å². The first-order valence-corrected chi connectivity index (χ1v) is 5.98. The summed E-state index contributed by atoms with van der Waals surface area (Å²) in [5.74, 6) is -0.102. The summed E-state index contributed by atoms with van der Waals surface area (Å²) in [4.78, 5) is 11.7. The Balaban J connectivity index is 1.93. The predicted octanol–water partition coefficient (Wildman–Crippen LogP) is 2.42. The molecule has 1 aliphatic rings. The van der Waals surface area contributed by atoms with Crippen LogP contribution in [0.4, 0.5) is 10.1 Å². The van der Waals surface area contributed by atoms with Crippen LogP contribution in [0.15, 0.2) is 18.2 Å². The summed E-state index contributed by atoms with van der Waals surface area (Å²) in [6.45, 7) is 1.85. The van der Waals surface area contributed by atoms with Crippen LogP contribution in [0.1, 0.15) is 12.8 Å². The van der Waals surface area contributed by atoms with Crippen LogP contribution in [0.25, 0.3) is 0 Å². The first-order valence-electron chi connectivity index (χ1n) is 5.61. The number of anilines is 1. The Hall–Kier alpha value is -1.13. The molecule has 1 aromatic carbocycles. The van der Waals surface area contributed by atoms with Crippen molar-refractivity contribution in [2.75, 3.05) is 18.4 Å². The van der Waals surface area contributed by atoms with E-state index < -0.39 is 5.82 Å². The Morgan fingerprint density at radius 2 is 2.41 bits per heavy atom. The van der Waals surface area contributed by atoms with Crippen LogP contribution in [0.5, 0.6) is 0 Å². The van der Waals surface area contributed by atoms with Crippen LogP contribution in [0.2, 0.25) is 5.02 Å². The minimum atomic E-state index is -0.409. The largest absolute Gasteiger partial charge is 0.325 e. The fourth-order valence-electron chi connectivity index (χ4n) is 1.94. The van der Waals surface area contributed by atoms with Gasteiger partial charge in [-0.3, -0.25) is 4.79 Å². The second-order valence-electron chi connectivity index (χ2n) is 4.24. The van der Waals surface area contributed by atoms with Crippen molar-refractivity contribution >= 4 is 23.2 Å². The standard InChI is InChI=1S/C12H14ClFN2O/c13-10-6-9(14)1-2-11(10)16-12(17)5-8-3-4-15-7-8/h1-2,6,8,15H,3-5,7H2,(H,16,17). The van der Waals surface area contributed by atoms with Gasteiger partial charge in [0.1, 0.15) is 5.82 Å². The molecule has 1 aliphatic heterocycles. The van der Waals surface area contributed by atoms with Gasteiger partial charge in [-0.2, -0.15) is 0 Å². The highest BCUT2D eigenvalue weighted by molar-refractivity contribution is 6.33. The van der Waals surface area contributed by atoms with Gasteiger partial charge in [0.15, 0.2) is 0 Å². The molecule has 3 nitrogen and oxygen atoms in total. The molecule has 5 heteroatoms. The highest BCUT2D eigenvalue weighted by atomic mass is 35.5. The molecule has 0 aromatic heterocycles. The van der Waals surface area contributed by atoms with Crippen LogP contribution in [-0.2, 0) is 4.79 Å². The lowest BCUT2D eigenvalue weighted by molar-refractivity contribution is -0.116. The van der Waals surface area contributed by atoms with Gasteiger partial charge in [0.25, 0.3) is 0 Å². The highest BCUT2D eigenvalue weighted by Gasteiger charge is 2.18. The molecule has 0 bridgehead atoms. The Morgan fingerprint density at radius 1 is 1.59 bits per heavy atom. The second kappa shape index (κ2) is 5.47. The SMILES string of the molecule is O=C(CC1CCNC1)Nc1ccc(F)cc1Cl. The second-order valence-corrected chi connectivity index (χ2v) is 4.64. The fraction of sp³-hybridized carbons (Fsp3) is 0.417. The lowest BCUT2D eigenvalue weighted by Crippen LogP contribution is -2.18. The zero-order chi connectivity index (χ0) is 12.3. The van der Waals surface area contributed by atoms with E-state index in [1.807, 2.05) is 0 Å². The molecule has 0 saturated carbocycles. The van der Waals surface area contributed by atoms with Gasteiger partial charge in [-0.25, -0.2) is 4.39 Å². The van der Waals surface area contributed by atoms with E-state index in [1.54, 1.807) is 0 Å². The molecule has 2 N–H and O–H groups in total. The number of nitrogens with one attached hydrogen (secondary N) is 2. The molecular formula is C12H14ClFN2O. The Kier molecular flexibility index (Phi) is 3.97. The summed E-state index contributed by atoms with van der Waals surface area (Å²) in [7, 11) is 0. The molecule has 0 aliphatic carbocycles. The lowest BCUT2D eigenvalue weighted by atomic mass is 10.0. The molecular weight excluding hydrogens is 243 g/mol. The maximum Gasteiger partial charge on any atom is 0.224 e. The van der Waals surface area contributed by atoms with E-state index in [1.165, 1.54) is 18.2 Å². The topological polar surface area (TPSA) is 41.1 Å². The molecule has 1 amide bonds. The predicted molar refractivity (Wildman–Crippen MR) is 65.6 cm³/mol. The molecule has 1 unspecified atom stereocenters. The zero-order valence-corrected chi connectivity index (χ0v) is 10.1. The third kappa shape index (κ3) is 3.41. The molecule has 92 valence electrons. The van der Waals surface area contributed by atoms with Gasteiger partial charge >= 0.3 is 0 Å². The van der Waals surface area contributed by atoms with Gasteiger partial charge in [0.2, 0.25) is 5.91 Å². The first kappa shape index (κ1) is 12.3. The first-order chi connectivity index (χ1) is 8.15. The molecule has 2 rings (SSSR count). The van der Waals surface area contributed by atoms with Crippen molar-refractivity contribution in [2.24, 2.45) is 5.92 Å².